The molecule has 3 heteroatoms. The second-order valence-electron chi connectivity index (χ2n) is 2.41. The number of nitrogens with zero attached hydrogens (tertiary/aromatic N) is 1. The molecule has 1 N–H and O–H groups in total. The van der Waals surface area contributed by atoms with Crippen LogP contribution in [0.3, 0.4) is 0 Å². The number of hydrogen-bond donors (Lipinski definition) is 1. The number of rotatable bonds is 0. The van der Waals surface area contributed by atoms with Gasteiger partial charge in [-0.25, -0.2) is 0 Å². The maximum atomic E-state index is 8.43. The Hall–Kier alpha value is -1.77. The van der Waals surface area contributed by atoms with Crippen LogP contribution in [0.15, 0.2) is 46.0 Å². The SMILES string of the molecule is ON=c1ccc2ccccc2o1. The predicted octanol–water partition coefficient (Wildman–Crippen LogP) is 1.72. The van der Waals surface area contributed by atoms with Crippen LogP contribution in [0.4, 0.5) is 0 Å². The maximum Gasteiger partial charge on any atom is 0.255 e. The van der Waals surface area contributed by atoms with Crippen LogP contribution in [-0.2, 0) is 0 Å². The van der Waals surface area contributed by atoms with Gasteiger partial charge in [-0.3, -0.25) is 0 Å². The second kappa shape index (κ2) is 2.70. The largest absolute Gasteiger partial charge is 0.436 e. The molecule has 1 heterocycles. The lowest BCUT2D eigenvalue weighted by molar-refractivity contribution is 0.277. The van der Waals surface area contributed by atoms with Gasteiger partial charge in [0.25, 0.3) is 5.55 Å². The summed E-state index contributed by atoms with van der Waals surface area (Å²) in [6, 6.07) is 11.0. The first-order valence-corrected chi connectivity index (χ1v) is 3.57. The molecule has 12 heavy (non-hydrogen) atoms. The standard InChI is InChI=1S/C9H7NO2/c11-10-9-6-5-7-3-1-2-4-8(7)12-9/h1-6,11H. The van der Waals surface area contributed by atoms with Crippen LogP contribution in [0.25, 0.3) is 11.0 Å². The van der Waals surface area contributed by atoms with Crippen molar-refractivity contribution in [3.05, 3.63) is 42.0 Å². The van der Waals surface area contributed by atoms with Crippen molar-refractivity contribution < 1.29 is 9.62 Å². The van der Waals surface area contributed by atoms with E-state index in [2.05, 4.69) is 5.16 Å². The van der Waals surface area contributed by atoms with Gasteiger partial charge in [0.15, 0.2) is 0 Å². The molecule has 0 spiro atoms. The minimum absolute atomic E-state index is 0.216. The minimum atomic E-state index is 0.216. The average molecular weight is 161 g/mol. The van der Waals surface area contributed by atoms with E-state index < -0.39 is 0 Å². The molecule has 0 saturated heterocycles. The van der Waals surface area contributed by atoms with Crippen LogP contribution >= 0.6 is 0 Å². The van der Waals surface area contributed by atoms with Crippen LogP contribution in [0.5, 0.6) is 0 Å². The smallest absolute Gasteiger partial charge is 0.255 e. The monoisotopic (exact) mass is 161 g/mol. The molecule has 0 aliphatic carbocycles. The lowest BCUT2D eigenvalue weighted by atomic mass is 10.2. The first-order chi connectivity index (χ1) is 5.90. The van der Waals surface area contributed by atoms with Gasteiger partial charge in [-0.1, -0.05) is 18.2 Å². The summed E-state index contributed by atoms with van der Waals surface area (Å²) in [6.07, 6.45) is 0. The van der Waals surface area contributed by atoms with Gasteiger partial charge in [-0.2, -0.15) is 0 Å². The highest BCUT2D eigenvalue weighted by molar-refractivity contribution is 5.75. The first kappa shape index (κ1) is 6.91. The highest BCUT2D eigenvalue weighted by Crippen LogP contribution is 2.09. The molecule has 0 bridgehead atoms. The third-order valence-corrected chi connectivity index (χ3v) is 1.64. The summed E-state index contributed by atoms with van der Waals surface area (Å²) in [5, 5.41) is 12.4. The van der Waals surface area contributed by atoms with Crippen molar-refractivity contribution in [2.75, 3.05) is 0 Å². The molecule has 1 aromatic carbocycles. The Bertz CT molecular complexity index is 459. The van der Waals surface area contributed by atoms with Crippen molar-refractivity contribution in [2.24, 2.45) is 5.16 Å². The van der Waals surface area contributed by atoms with Crippen molar-refractivity contribution in [3.8, 4) is 0 Å². The van der Waals surface area contributed by atoms with Crippen molar-refractivity contribution in [1.82, 2.24) is 0 Å². The molecule has 0 aliphatic heterocycles. The number of para-hydroxylation sites is 1. The number of fused-ring (bicyclic) bond motifs is 1. The molecule has 0 amide bonds. The Kier molecular flexibility index (Phi) is 1.55. The molecular formula is C9H7NO2. The lowest BCUT2D eigenvalue weighted by Crippen LogP contribution is -1.97. The third kappa shape index (κ3) is 1.05. The fourth-order valence-corrected chi connectivity index (χ4v) is 1.07. The van der Waals surface area contributed by atoms with Gasteiger partial charge in [0.1, 0.15) is 5.58 Å². The molecule has 0 radical (unpaired) electrons. The van der Waals surface area contributed by atoms with Crippen LogP contribution in [0, 0.1) is 0 Å². The molecule has 60 valence electrons. The lowest BCUT2D eigenvalue weighted by Gasteiger charge is -1.93. The Balaban J connectivity index is 2.85. The fourth-order valence-electron chi connectivity index (χ4n) is 1.07. The van der Waals surface area contributed by atoms with Crippen molar-refractivity contribution in [1.29, 1.82) is 0 Å². The van der Waals surface area contributed by atoms with Crippen molar-refractivity contribution in [2.45, 2.75) is 0 Å². The van der Waals surface area contributed by atoms with Gasteiger partial charge < -0.3 is 9.62 Å². The summed E-state index contributed by atoms with van der Waals surface area (Å²) < 4.78 is 5.19. The van der Waals surface area contributed by atoms with Crippen LogP contribution < -0.4 is 5.55 Å². The van der Waals surface area contributed by atoms with E-state index in [9.17, 15) is 0 Å². The van der Waals surface area contributed by atoms with Gasteiger partial charge in [-0.05, 0) is 17.3 Å². The Morgan fingerprint density at radius 1 is 1.08 bits per heavy atom. The summed E-state index contributed by atoms with van der Waals surface area (Å²) in [7, 11) is 0. The fraction of sp³-hybridized carbons (Fsp3) is 0. The van der Waals surface area contributed by atoms with E-state index in [1.54, 1.807) is 6.07 Å². The van der Waals surface area contributed by atoms with E-state index in [1.165, 1.54) is 0 Å². The highest BCUT2D eigenvalue weighted by atomic mass is 16.5. The first-order valence-electron chi connectivity index (χ1n) is 3.57. The molecule has 0 fully saturated rings. The zero-order valence-electron chi connectivity index (χ0n) is 6.27. The molecule has 1 aromatic heterocycles. The van der Waals surface area contributed by atoms with E-state index in [0.29, 0.717) is 5.58 Å². The van der Waals surface area contributed by atoms with Crippen LogP contribution in [0.1, 0.15) is 0 Å². The van der Waals surface area contributed by atoms with Crippen molar-refractivity contribution in [3.63, 3.8) is 0 Å². The van der Waals surface area contributed by atoms with Gasteiger partial charge in [0.05, 0.1) is 0 Å². The zero-order valence-corrected chi connectivity index (χ0v) is 6.27. The van der Waals surface area contributed by atoms with E-state index in [-0.39, 0.29) is 5.55 Å². The van der Waals surface area contributed by atoms with Crippen molar-refractivity contribution >= 4 is 11.0 Å². The summed E-state index contributed by atoms with van der Waals surface area (Å²) in [5.74, 6) is 0. The van der Waals surface area contributed by atoms with E-state index in [4.69, 9.17) is 9.62 Å². The molecular weight excluding hydrogens is 154 g/mol. The summed E-state index contributed by atoms with van der Waals surface area (Å²) in [5.41, 5.74) is 0.932. The van der Waals surface area contributed by atoms with E-state index >= 15 is 0 Å². The molecule has 3 nitrogen and oxygen atoms in total. The molecule has 2 aromatic rings. The minimum Gasteiger partial charge on any atom is -0.436 e. The van der Waals surface area contributed by atoms with E-state index in [1.807, 2.05) is 30.3 Å². The van der Waals surface area contributed by atoms with Crippen LogP contribution in [0.2, 0.25) is 0 Å². The molecule has 0 unspecified atom stereocenters. The summed E-state index contributed by atoms with van der Waals surface area (Å²) in [6.45, 7) is 0. The van der Waals surface area contributed by atoms with Gasteiger partial charge >= 0.3 is 0 Å². The Morgan fingerprint density at radius 3 is 2.75 bits per heavy atom. The van der Waals surface area contributed by atoms with Gasteiger partial charge in [0, 0.05) is 11.5 Å². The van der Waals surface area contributed by atoms with E-state index in [0.717, 1.165) is 5.39 Å². The van der Waals surface area contributed by atoms with Crippen LogP contribution in [-0.4, -0.2) is 5.21 Å². The topological polar surface area (TPSA) is 45.7 Å². The summed E-state index contributed by atoms with van der Waals surface area (Å²) in [4.78, 5) is 0. The highest BCUT2D eigenvalue weighted by Gasteiger charge is 1.91. The Morgan fingerprint density at radius 2 is 1.92 bits per heavy atom. The molecule has 0 atom stereocenters. The third-order valence-electron chi connectivity index (χ3n) is 1.64. The second-order valence-corrected chi connectivity index (χ2v) is 2.41. The predicted molar refractivity (Wildman–Crippen MR) is 43.6 cm³/mol. The molecule has 0 aliphatic rings. The normalized spacial score (nSPS) is 12.2. The molecule has 2 rings (SSSR count). The average Bonchev–Trinajstić information content (AvgIpc) is 2.17. The number of hydrogen-bond acceptors (Lipinski definition) is 3. The number of benzene rings is 1. The maximum absolute atomic E-state index is 8.43. The quantitative estimate of drug-likeness (QED) is 0.472. The Labute approximate surface area is 68.6 Å². The summed E-state index contributed by atoms with van der Waals surface area (Å²) >= 11 is 0. The zero-order chi connectivity index (χ0) is 8.39. The van der Waals surface area contributed by atoms with Gasteiger partial charge in [0.2, 0.25) is 0 Å². The van der Waals surface area contributed by atoms with Gasteiger partial charge in [-0.15, -0.1) is 0 Å². The molecule has 0 saturated carbocycles.